The van der Waals surface area contributed by atoms with Crippen LogP contribution >= 0.6 is 0 Å². The predicted molar refractivity (Wildman–Crippen MR) is 93.4 cm³/mol. The second kappa shape index (κ2) is 6.76. The minimum absolute atomic E-state index is 0.142. The van der Waals surface area contributed by atoms with Crippen LogP contribution in [-0.4, -0.2) is 18.0 Å². The van der Waals surface area contributed by atoms with Crippen molar-refractivity contribution in [2.75, 3.05) is 7.11 Å². The molecule has 1 aromatic heterocycles. The molecule has 2 N–H and O–H groups in total. The summed E-state index contributed by atoms with van der Waals surface area (Å²) in [5.74, 6) is -0.753. The second-order valence-corrected chi connectivity index (χ2v) is 5.68. The molecule has 0 saturated heterocycles. The van der Waals surface area contributed by atoms with Crippen LogP contribution in [0.4, 0.5) is 4.39 Å². The molecule has 3 aromatic rings. The van der Waals surface area contributed by atoms with Gasteiger partial charge in [0, 0.05) is 17.0 Å². The summed E-state index contributed by atoms with van der Waals surface area (Å²) in [5, 5.41) is 3.44. The number of pyridine rings is 1. The van der Waals surface area contributed by atoms with Crippen molar-refractivity contribution in [1.29, 1.82) is 0 Å². The van der Waals surface area contributed by atoms with Crippen molar-refractivity contribution in [2.45, 2.75) is 13.0 Å². The van der Waals surface area contributed by atoms with Crippen LogP contribution in [0.2, 0.25) is 0 Å². The molecule has 0 radical (unpaired) electrons. The SMILES string of the molecule is COc1ccc([C@@H](C)NC(=O)c2cc(=O)[nH]c3ccccc23)cc1F. The van der Waals surface area contributed by atoms with E-state index in [9.17, 15) is 14.0 Å². The minimum atomic E-state index is -0.497. The average Bonchev–Trinajstić information content (AvgIpc) is 2.60. The molecule has 1 atom stereocenters. The number of carbonyl (C=O) groups is 1. The van der Waals surface area contributed by atoms with E-state index in [-0.39, 0.29) is 16.9 Å². The summed E-state index contributed by atoms with van der Waals surface area (Å²) in [7, 11) is 1.39. The number of ether oxygens (including phenoxy) is 1. The van der Waals surface area contributed by atoms with E-state index in [1.807, 2.05) is 0 Å². The van der Waals surface area contributed by atoms with Crippen molar-refractivity contribution in [2.24, 2.45) is 0 Å². The van der Waals surface area contributed by atoms with Crippen LogP contribution in [0.3, 0.4) is 0 Å². The number of fused-ring (bicyclic) bond motifs is 1. The van der Waals surface area contributed by atoms with Crippen LogP contribution in [0.15, 0.2) is 53.3 Å². The Labute approximate surface area is 143 Å². The second-order valence-electron chi connectivity index (χ2n) is 5.68. The number of para-hydroxylation sites is 1. The third-order valence-electron chi connectivity index (χ3n) is 4.02. The first-order valence-corrected chi connectivity index (χ1v) is 7.76. The first-order chi connectivity index (χ1) is 12.0. The Morgan fingerprint density at radius 3 is 2.68 bits per heavy atom. The molecule has 1 amide bonds. The van der Waals surface area contributed by atoms with Gasteiger partial charge in [0.25, 0.3) is 5.91 Å². The Morgan fingerprint density at radius 2 is 1.96 bits per heavy atom. The zero-order valence-electron chi connectivity index (χ0n) is 13.8. The summed E-state index contributed by atoms with van der Waals surface area (Å²) in [6.45, 7) is 1.74. The lowest BCUT2D eigenvalue weighted by Gasteiger charge is -2.16. The van der Waals surface area contributed by atoms with Gasteiger partial charge >= 0.3 is 0 Å². The van der Waals surface area contributed by atoms with Crippen LogP contribution < -0.4 is 15.6 Å². The highest BCUT2D eigenvalue weighted by Gasteiger charge is 2.16. The van der Waals surface area contributed by atoms with Crippen molar-refractivity contribution in [3.05, 3.63) is 75.8 Å². The number of rotatable bonds is 4. The predicted octanol–water partition coefficient (Wildman–Crippen LogP) is 3.17. The maximum absolute atomic E-state index is 13.8. The number of amides is 1. The number of nitrogens with one attached hydrogen (secondary N) is 2. The Morgan fingerprint density at radius 1 is 1.20 bits per heavy atom. The Kier molecular flexibility index (Phi) is 4.52. The number of carbonyl (C=O) groups excluding carboxylic acids is 1. The molecule has 1 heterocycles. The van der Waals surface area contributed by atoms with Gasteiger partial charge in [0.05, 0.1) is 18.7 Å². The van der Waals surface area contributed by atoms with Crippen molar-refractivity contribution < 1.29 is 13.9 Å². The number of aromatic nitrogens is 1. The Bertz CT molecular complexity index is 997. The summed E-state index contributed by atoms with van der Waals surface area (Å²) in [6.07, 6.45) is 0. The van der Waals surface area contributed by atoms with Gasteiger partial charge in [-0.3, -0.25) is 9.59 Å². The third-order valence-corrected chi connectivity index (χ3v) is 4.02. The van der Waals surface area contributed by atoms with Crippen LogP contribution in [0, 0.1) is 5.82 Å². The van der Waals surface area contributed by atoms with Gasteiger partial charge in [0.1, 0.15) is 0 Å². The lowest BCUT2D eigenvalue weighted by atomic mass is 10.1. The van der Waals surface area contributed by atoms with Gasteiger partial charge < -0.3 is 15.0 Å². The molecule has 0 aliphatic carbocycles. The van der Waals surface area contributed by atoms with Gasteiger partial charge in [-0.1, -0.05) is 24.3 Å². The number of hydrogen-bond acceptors (Lipinski definition) is 3. The molecule has 128 valence electrons. The Balaban J connectivity index is 1.90. The first kappa shape index (κ1) is 16.7. The highest BCUT2D eigenvalue weighted by molar-refractivity contribution is 6.06. The average molecular weight is 340 g/mol. The van der Waals surface area contributed by atoms with E-state index in [0.29, 0.717) is 16.5 Å². The molecule has 0 aliphatic heterocycles. The first-order valence-electron chi connectivity index (χ1n) is 7.76. The van der Waals surface area contributed by atoms with E-state index in [2.05, 4.69) is 10.3 Å². The fourth-order valence-corrected chi connectivity index (χ4v) is 2.70. The van der Waals surface area contributed by atoms with Gasteiger partial charge in [-0.15, -0.1) is 0 Å². The summed E-state index contributed by atoms with van der Waals surface area (Å²) < 4.78 is 18.7. The number of H-pyrrole nitrogens is 1. The summed E-state index contributed by atoms with van der Waals surface area (Å²) in [6, 6.07) is 12.4. The number of halogens is 1. The molecular formula is C19H17FN2O3. The molecule has 0 unspecified atom stereocenters. The van der Waals surface area contributed by atoms with E-state index in [0.717, 1.165) is 0 Å². The smallest absolute Gasteiger partial charge is 0.252 e. The molecule has 0 spiro atoms. The minimum Gasteiger partial charge on any atom is -0.494 e. The number of hydrogen-bond donors (Lipinski definition) is 2. The molecule has 0 fully saturated rings. The van der Waals surface area contributed by atoms with Gasteiger partial charge in [-0.2, -0.15) is 0 Å². The quantitative estimate of drug-likeness (QED) is 0.766. The summed E-state index contributed by atoms with van der Waals surface area (Å²) in [5.41, 5.74) is 1.11. The molecule has 3 rings (SSSR count). The van der Waals surface area contributed by atoms with Gasteiger partial charge in [0.15, 0.2) is 11.6 Å². The van der Waals surface area contributed by atoms with Gasteiger partial charge in [-0.05, 0) is 30.7 Å². The van der Waals surface area contributed by atoms with Crippen molar-refractivity contribution in [3.8, 4) is 5.75 Å². The highest BCUT2D eigenvalue weighted by Crippen LogP contribution is 2.22. The highest BCUT2D eigenvalue weighted by atomic mass is 19.1. The van der Waals surface area contributed by atoms with Crippen molar-refractivity contribution in [1.82, 2.24) is 10.3 Å². The number of aromatic amines is 1. The van der Waals surface area contributed by atoms with Crippen LogP contribution in [-0.2, 0) is 0 Å². The van der Waals surface area contributed by atoms with E-state index in [1.54, 1.807) is 37.3 Å². The molecule has 0 saturated carbocycles. The van der Waals surface area contributed by atoms with Crippen LogP contribution in [0.25, 0.3) is 10.9 Å². The van der Waals surface area contributed by atoms with Crippen molar-refractivity contribution in [3.63, 3.8) is 0 Å². The molecule has 0 aliphatic rings. The normalized spacial score (nSPS) is 12.0. The van der Waals surface area contributed by atoms with E-state index in [4.69, 9.17) is 4.74 Å². The molecule has 25 heavy (non-hydrogen) atoms. The largest absolute Gasteiger partial charge is 0.494 e. The van der Waals surface area contributed by atoms with E-state index < -0.39 is 17.8 Å². The molecule has 2 aromatic carbocycles. The standard InChI is InChI=1S/C19H17FN2O3/c1-11(12-7-8-17(25-2)15(20)9-12)21-19(24)14-10-18(23)22-16-6-4-3-5-13(14)16/h3-11H,1-2H3,(H,21,24)(H,22,23)/t11-/m1/s1. The van der Waals surface area contributed by atoms with Crippen molar-refractivity contribution >= 4 is 16.8 Å². The molecule has 0 bridgehead atoms. The topological polar surface area (TPSA) is 71.2 Å². The summed E-state index contributed by atoms with van der Waals surface area (Å²) in [4.78, 5) is 27.1. The maximum Gasteiger partial charge on any atom is 0.252 e. The van der Waals surface area contributed by atoms with E-state index >= 15 is 0 Å². The molecular weight excluding hydrogens is 323 g/mol. The van der Waals surface area contributed by atoms with Crippen LogP contribution in [0.5, 0.6) is 5.75 Å². The van der Waals surface area contributed by atoms with Gasteiger partial charge in [-0.25, -0.2) is 4.39 Å². The fraction of sp³-hybridized carbons (Fsp3) is 0.158. The van der Waals surface area contributed by atoms with Gasteiger partial charge in [0.2, 0.25) is 5.56 Å². The zero-order valence-corrected chi connectivity index (χ0v) is 13.8. The van der Waals surface area contributed by atoms with E-state index in [1.165, 1.54) is 25.3 Å². The zero-order chi connectivity index (χ0) is 18.0. The fourth-order valence-electron chi connectivity index (χ4n) is 2.70. The molecule has 6 heteroatoms. The number of methoxy groups -OCH3 is 1. The third kappa shape index (κ3) is 3.38. The van der Waals surface area contributed by atoms with Crippen LogP contribution in [0.1, 0.15) is 28.9 Å². The molecule has 5 nitrogen and oxygen atoms in total. The summed E-state index contributed by atoms with van der Waals surface area (Å²) >= 11 is 0. The lowest BCUT2D eigenvalue weighted by molar-refractivity contribution is 0.0941. The monoisotopic (exact) mass is 340 g/mol. The Hall–Kier alpha value is -3.15. The lowest BCUT2D eigenvalue weighted by Crippen LogP contribution is -2.28. The maximum atomic E-state index is 13.8. The number of benzene rings is 2.